The van der Waals surface area contributed by atoms with Gasteiger partial charge in [-0.2, -0.15) is 0 Å². The third-order valence-electron chi connectivity index (χ3n) is 4.66. The average Bonchev–Trinajstić information content (AvgIpc) is 3.16. The fourth-order valence-electron chi connectivity index (χ4n) is 3.49. The Morgan fingerprint density at radius 3 is 2.68 bits per heavy atom. The number of anilines is 1. The molecule has 0 aliphatic carbocycles. The summed E-state index contributed by atoms with van der Waals surface area (Å²) < 4.78 is 5.49. The van der Waals surface area contributed by atoms with Crippen LogP contribution < -0.4 is 10.2 Å². The number of likely N-dealkylation sites (N-methyl/N-ethyl adjacent to an activating group) is 1. The van der Waals surface area contributed by atoms with Crippen molar-refractivity contribution in [2.45, 2.75) is 25.0 Å². The van der Waals surface area contributed by atoms with Crippen molar-refractivity contribution >= 4 is 11.6 Å². The second-order valence-electron chi connectivity index (χ2n) is 6.29. The van der Waals surface area contributed by atoms with Crippen molar-refractivity contribution in [3.8, 4) is 0 Å². The maximum absolute atomic E-state index is 12.7. The number of carbonyl (C=O) groups is 1. The molecule has 2 fully saturated rings. The van der Waals surface area contributed by atoms with E-state index in [1.165, 1.54) is 12.8 Å². The summed E-state index contributed by atoms with van der Waals surface area (Å²) in [6.45, 7) is 3.76. The predicted molar refractivity (Wildman–Crippen MR) is 87.4 cm³/mol. The second kappa shape index (κ2) is 6.67. The number of methoxy groups -OCH3 is 1. The minimum atomic E-state index is 0.00449. The highest BCUT2D eigenvalue weighted by molar-refractivity contribution is 6.00. The molecule has 2 heterocycles. The Kier molecular flexibility index (Phi) is 4.64. The van der Waals surface area contributed by atoms with E-state index in [0.29, 0.717) is 0 Å². The molecule has 120 valence electrons. The molecule has 0 aromatic heterocycles. The first-order valence-electron chi connectivity index (χ1n) is 8.05. The van der Waals surface area contributed by atoms with Gasteiger partial charge in [0.1, 0.15) is 0 Å². The fraction of sp³-hybridized carbons (Fsp3) is 0.588. The molecule has 22 heavy (non-hydrogen) atoms. The van der Waals surface area contributed by atoms with Crippen LogP contribution in [0, 0.1) is 0 Å². The monoisotopic (exact) mass is 303 g/mol. The highest BCUT2D eigenvalue weighted by Gasteiger charge is 2.32. The van der Waals surface area contributed by atoms with E-state index in [-0.39, 0.29) is 18.1 Å². The van der Waals surface area contributed by atoms with Crippen molar-refractivity contribution < 1.29 is 9.53 Å². The first-order valence-corrected chi connectivity index (χ1v) is 8.05. The van der Waals surface area contributed by atoms with Crippen molar-refractivity contribution in [2.24, 2.45) is 0 Å². The number of ether oxygens (including phenoxy) is 1. The van der Waals surface area contributed by atoms with Crippen LogP contribution in [0.15, 0.2) is 24.3 Å². The van der Waals surface area contributed by atoms with Crippen molar-refractivity contribution in [3.63, 3.8) is 0 Å². The summed E-state index contributed by atoms with van der Waals surface area (Å²) in [5.74, 6) is 0.00449. The van der Waals surface area contributed by atoms with Gasteiger partial charge >= 0.3 is 0 Å². The fourth-order valence-corrected chi connectivity index (χ4v) is 3.49. The number of carbonyl (C=O) groups excluding carboxylic acids is 1. The standard InChI is InChI=1S/C17H25N3O2/c1-19-11-14(16(12-19)22-2)18-17(21)13-7-3-4-8-15(13)20-9-5-6-10-20/h3-4,7-8,14,16H,5-6,9-12H2,1-2H3,(H,18,21)/t14-,16-/m0/s1. The van der Waals surface area contributed by atoms with Crippen molar-refractivity contribution in [3.05, 3.63) is 29.8 Å². The Morgan fingerprint density at radius 2 is 1.95 bits per heavy atom. The number of nitrogens with one attached hydrogen (secondary N) is 1. The van der Waals surface area contributed by atoms with Gasteiger partial charge in [0.15, 0.2) is 0 Å². The number of benzene rings is 1. The van der Waals surface area contributed by atoms with E-state index in [4.69, 9.17) is 4.74 Å². The molecule has 3 rings (SSSR count). The molecule has 0 bridgehead atoms. The Morgan fingerprint density at radius 1 is 1.23 bits per heavy atom. The molecule has 1 amide bonds. The van der Waals surface area contributed by atoms with Crippen molar-refractivity contribution in [2.75, 3.05) is 45.2 Å². The zero-order valence-electron chi connectivity index (χ0n) is 13.4. The van der Waals surface area contributed by atoms with E-state index >= 15 is 0 Å². The van der Waals surface area contributed by atoms with Gasteiger partial charge in [0, 0.05) is 39.0 Å². The highest BCUT2D eigenvalue weighted by atomic mass is 16.5. The first kappa shape index (κ1) is 15.3. The van der Waals surface area contributed by atoms with Crippen LogP contribution >= 0.6 is 0 Å². The van der Waals surface area contributed by atoms with Gasteiger partial charge in [-0.3, -0.25) is 4.79 Å². The highest BCUT2D eigenvalue weighted by Crippen LogP contribution is 2.25. The van der Waals surface area contributed by atoms with Gasteiger partial charge in [0.2, 0.25) is 0 Å². The molecule has 5 heteroatoms. The Bertz CT molecular complexity index is 528. The summed E-state index contributed by atoms with van der Waals surface area (Å²) in [5, 5.41) is 3.16. The van der Waals surface area contributed by atoms with Crippen molar-refractivity contribution in [1.29, 1.82) is 0 Å². The zero-order valence-corrected chi connectivity index (χ0v) is 13.4. The lowest BCUT2D eigenvalue weighted by Gasteiger charge is -2.23. The van der Waals surface area contributed by atoms with Crippen LogP contribution in [-0.4, -0.2) is 63.3 Å². The molecule has 0 radical (unpaired) electrons. The molecule has 0 unspecified atom stereocenters. The molecule has 2 saturated heterocycles. The molecule has 0 saturated carbocycles. The average molecular weight is 303 g/mol. The summed E-state index contributed by atoms with van der Waals surface area (Å²) in [6, 6.07) is 7.96. The molecule has 1 aromatic rings. The smallest absolute Gasteiger partial charge is 0.253 e. The van der Waals surface area contributed by atoms with Crippen LogP contribution in [0.3, 0.4) is 0 Å². The zero-order chi connectivity index (χ0) is 15.5. The maximum atomic E-state index is 12.7. The Balaban J connectivity index is 1.75. The number of amides is 1. The van der Waals surface area contributed by atoms with Crippen LogP contribution in [0.25, 0.3) is 0 Å². The Hall–Kier alpha value is -1.59. The summed E-state index contributed by atoms with van der Waals surface area (Å²) in [4.78, 5) is 17.2. The molecule has 2 atom stereocenters. The third kappa shape index (κ3) is 3.10. The number of rotatable bonds is 4. The van der Waals surface area contributed by atoms with Gasteiger partial charge < -0.3 is 19.9 Å². The lowest BCUT2D eigenvalue weighted by atomic mass is 10.1. The number of para-hydroxylation sites is 1. The van der Waals surface area contributed by atoms with Crippen molar-refractivity contribution in [1.82, 2.24) is 10.2 Å². The van der Waals surface area contributed by atoms with E-state index in [1.807, 2.05) is 18.2 Å². The largest absolute Gasteiger partial charge is 0.378 e. The van der Waals surface area contributed by atoms with Gasteiger partial charge in [0.05, 0.1) is 17.7 Å². The lowest BCUT2D eigenvalue weighted by molar-refractivity contribution is 0.0766. The quantitative estimate of drug-likeness (QED) is 0.912. The number of likely N-dealkylation sites (tertiary alicyclic amines) is 1. The van der Waals surface area contributed by atoms with E-state index in [0.717, 1.165) is 37.4 Å². The second-order valence-corrected chi connectivity index (χ2v) is 6.29. The molecular weight excluding hydrogens is 278 g/mol. The van der Waals surface area contributed by atoms with E-state index in [9.17, 15) is 4.79 Å². The van der Waals surface area contributed by atoms with Crippen LogP contribution in [0.2, 0.25) is 0 Å². The van der Waals surface area contributed by atoms with Gasteiger partial charge in [0.25, 0.3) is 5.91 Å². The van der Waals surface area contributed by atoms with E-state index in [1.54, 1.807) is 7.11 Å². The van der Waals surface area contributed by atoms with Gasteiger partial charge in [-0.15, -0.1) is 0 Å². The minimum absolute atomic E-state index is 0.00449. The summed E-state index contributed by atoms with van der Waals surface area (Å²) in [7, 11) is 3.76. The lowest BCUT2D eigenvalue weighted by Crippen LogP contribution is -2.44. The normalized spacial score (nSPS) is 25.6. The minimum Gasteiger partial charge on any atom is -0.378 e. The summed E-state index contributed by atoms with van der Waals surface area (Å²) in [5.41, 5.74) is 1.83. The van der Waals surface area contributed by atoms with E-state index < -0.39 is 0 Å². The number of hydrogen-bond donors (Lipinski definition) is 1. The Labute approximate surface area is 132 Å². The van der Waals surface area contributed by atoms with Gasteiger partial charge in [-0.25, -0.2) is 0 Å². The summed E-state index contributed by atoms with van der Waals surface area (Å²) >= 11 is 0. The maximum Gasteiger partial charge on any atom is 0.253 e. The molecule has 1 aromatic carbocycles. The molecular formula is C17H25N3O2. The van der Waals surface area contributed by atoms with Gasteiger partial charge in [-0.1, -0.05) is 12.1 Å². The third-order valence-corrected chi connectivity index (χ3v) is 4.66. The van der Waals surface area contributed by atoms with Gasteiger partial charge in [-0.05, 0) is 32.0 Å². The number of hydrogen-bond acceptors (Lipinski definition) is 4. The van der Waals surface area contributed by atoms with Crippen LogP contribution in [0.1, 0.15) is 23.2 Å². The molecule has 0 spiro atoms. The van der Waals surface area contributed by atoms with Crippen LogP contribution in [0.5, 0.6) is 0 Å². The molecule has 2 aliphatic heterocycles. The summed E-state index contributed by atoms with van der Waals surface area (Å²) in [6.07, 6.45) is 2.47. The number of nitrogens with zero attached hydrogens (tertiary/aromatic N) is 2. The van der Waals surface area contributed by atoms with Crippen LogP contribution in [-0.2, 0) is 4.74 Å². The van der Waals surface area contributed by atoms with Crippen LogP contribution in [0.4, 0.5) is 5.69 Å². The predicted octanol–water partition coefficient (Wildman–Crippen LogP) is 1.35. The molecule has 2 aliphatic rings. The molecule has 5 nitrogen and oxygen atoms in total. The SMILES string of the molecule is CO[C@H]1CN(C)C[C@@H]1NC(=O)c1ccccc1N1CCCC1. The topological polar surface area (TPSA) is 44.8 Å². The van der Waals surface area contributed by atoms with E-state index in [2.05, 4.69) is 28.2 Å². The first-order chi connectivity index (χ1) is 10.7. The molecule has 1 N–H and O–H groups in total.